The first kappa shape index (κ1) is 10.5. The summed E-state index contributed by atoms with van der Waals surface area (Å²) in [6.07, 6.45) is 0.475. The molecule has 14 heavy (non-hydrogen) atoms. The van der Waals surface area contributed by atoms with Crippen molar-refractivity contribution in [2.75, 3.05) is 7.11 Å². The number of ether oxygens (including phenoxy) is 1. The molecule has 0 saturated heterocycles. The molecule has 0 amide bonds. The minimum atomic E-state index is -1.27. The van der Waals surface area contributed by atoms with Crippen LogP contribution in [0.5, 0.6) is 5.75 Å². The molecule has 0 atom stereocenters. The Hall–Kier alpha value is -1.58. The maximum absolute atomic E-state index is 13.5. The quantitative estimate of drug-likeness (QED) is 0.808. The predicted octanol–water partition coefficient (Wildman–Crippen LogP) is 2.09. The summed E-state index contributed by atoms with van der Waals surface area (Å²) in [5.41, 5.74) is 0.169. The van der Waals surface area contributed by atoms with Gasteiger partial charge in [0.05, 0.1) is 7.11 Å². The number of carboxylic acid groups (broad SMARTS) is 1. The van der Waals surface area contributed by atoms with E-state index in [-0.39, 0.29) is 11.3 Å². The van der Waals surface area contributed by atoms with Crippen molar-refractivity contribution in [2.24, 2.45) is 0 Å². The van der Waals surface area contributed by atoms with Gasteiger partial charge in [-0.2, -0.15) is 0 Å². The molecule has 0 aliphatic rings. The monoisotopic (exact) mass is 198 g/mol. The number of carboxylic acids is 1. The Balaban J connectivity index is 3.39. The second-order valence-electron chi connectivity index (χ2n) is 2.77. The molecule has 0 heterocycles. The lowest BCUT2D eigenvalue weighted by molar-refractivity contribution is 0.0689. The third-order valence-electron chi connectivity index (χ3n) is 2.01. The maximum atomic E-state index is 13.5. The van der Waals surface area contributed by atoms with Crippen LogP contribution in [0.15, 0.2) is 12.1 Å². The highest BCUT2D eigenvalue weighted by Crippen LogP contribution is 2.24. The van der Waals surface area contributed by atoms with Crippen LogP contribution in [-0.2, 0) is 6.42 Å². The summed E-state index contributed by atoms with van der Waals surface area (Å²) < 4.78 is 18.2. The Morgan fingerprint density at radius 3 is 2.64 bits per heavy atom. The number of halogens is 1. The molecule has 1 rings (SSSR count). The lowest BCUT2D eigenvalue weighted by atomic mass is 10.0. The van der Waals surface area contributed by atoms with E-state index in [2.05, 4.69) is 0 Å². The summed E-state index contributed by atoms with van der Waals surface area (Å²) >= 11 is 0. The van der Waals surface area contributed by atoms with Crippen molar-refractivity contribution >= 4 is 5.97 Å². The molecule has 0 unspecified atom stereocenters. The summed E-state index contributed by atoms with van der Waals surface area (Å²) in [5, 5.41) is 8.80. The molecular weight excluding hydrogens is 187 g/mol. The van der Waals surface area contributed by atoms with Crippen molar-refractivity contribution in [1.82, 2.24) is 0 Å². The molecule has 1 aromatic rings. The zero-order valence-corrected chi connectivity index (χ0v) is 8.00. The van der Waals surface area contributed by atoms with Gasteiger partial charge in [-0.3, -0.25) is 0 Å². The van der Waals surface area contributed by atoms with Crippen molar-refractivity contribution in [1.29, 1.82) is 0 Å². The van der Waals surface area contributed by atoms with Gasteiger partial charge in [0.25, 0.3) is 0 Å². The van der Waals surface area contributed by atoms with E-state index in [1.54, 1.807) is 13.0 Å². The van der Waals surface area contributed by atoms with Gasteiger partial charge in [-0.1, -0.05) is 13.0 Å². The molecule has 0 bridgehead atoms. The Morgan fingerprint density at radius 2 is 2.21 bits per heavy atom. The van der Waals surface area contributed by atoms with Crippen LogP contribution >= 0.6 is 0 Å². The van der Waals surface area contributed by atoms with Crippen LogP contribution in [0.3, 0.4) is 0 Å². The Bertz CT molecular complexity index is 361. The molecule has 0 fully saturated rings. The third kappa shape index (κ3) is 1.69. The predicted molar refractivity (Wildman–Crippen MR) is 49.3 cm³/mol. The SMILES string of the molecule is CCc1ccc(OC)c(F)c1C(=O)O. The zero-order chi connectivity index (χ0) is 10.7. The smallest absolute Gasteiger partial charge is 0.339 e. The van der Waals surface area contributed by atoms with E-state index in [0.717, 1.165) is 0 Å². The van der Waals surface area contributed by atoms with Gasteiger partial charge in [-0.25, -0.2) is 9.18 Å². The summed E-state index contributed by atoms with van der Waals surface area (Å²) in [5.74, 6) is -2.11. The highest BCUT2D eigenvalue weighted by Gasteiger charge is 2.18. The summed E-state index contributed by atoms with van der Waals surface area (Å²) in [4.78, 5) is 10.8. The topological polar surface area (TPSA) is 46.5 Å². The lowest BCUT2D eigenvalue weighted by Gasteiger charge is -2.08. The molecule has 76 valence electrons. The molecule has 1 aromatic carbocycles. The maximum Gasteiger partial charge on any atom is 0.339 e. The van der Waals surface area contributed by atoms with Crippen LogP contribution in [0.4, 0.5) is 4.39 Å². The standard InChI is InChI=1S/C10H11FO3/c1-3-6-4-5-7(14-2)9(11)8(6)10(12)13/h4-5H,3H2,1-2H3,(H,12,13). The lowest BCUT2D eigenvalue weighted by Crippen LogP contribution is -2.06. The van der Waals surface area contributed by atoms with Crippen LogP contribution in [0.2, 0.25) is 0 Å². The number of rotatable bonds is 3. The molecule has 3 nitrogen and oxygen atoms in total. The second-order valence-corrected chi connectivity index (χ2v) is 2.77. The summed E-state index contributed by atoms with van der Waals surface area (Å²) in [6.45, 7) is 1.77. The first-order chi connectivity index (χ1) is 6.61. The highest BCUT2D eigenvalue weighted by atomic mass is 19.1. The van der Waals surface area contributed by atoms with Gasteiger partial charge in [0.15, 0.2) is 11.6 Å². The normalized spacial score (nSPS) is 9.93. The van der Waals surface area contributed by atoms with Crippen LogP contribution in [-0.4, -0.2) is 18.2 Å². The van der Waals surface area contributed by atoms with Gasteiger partial charge in [0.1, 0.15) is 5.56 Å². The average molecular weight is 198 g/mol. The molecule has 0 spiro atoms. The number of hydrogen-bond donors (Lipinski definition) is 1. The van der Waals surface area contributed by atoms with Gasteiger partial charge in [-0.15, -0.1) is 0 Å². The van der Waals surface area contributed by atoms with Crippen molar-refractivity contribution in [3.63, 3.8) is 0 Å². The van der Waals surface area contributed by atoms with Gasteiger partial charge in [0.2, 0.25) is 0 Å². The second kappa shape index (κ2) is 4.09. The van der Waals surface area contributed by atoms with Crippen LogP contribution in [0.25, 0.3) is 0 Å². The summed E-state index contributed by atoms with van der Waals surface area (Å²) in [7, 11) is 1.30. The first-order valence-corrected chi connectivity index (χ1v) is 4.20. The van der Waals surface area contributed by atoms with E-state index in [1.165, 1.54) is 13.2 Å². The number of aromatic carboxylic acids is 1. The number of benzene rings is 1. The molecule has 0 aliphatic carbocycles. The Morgan fingerprint density at radius 1 is 1.57 bits per heavy atom. The number of carbonyl (C=O) groups is 1. The fourth-order valence-electron chi connectivity index (χ4n) is 1.28. The minimum absolute atomic E-state index is 0.0420. The van der Waals surface area contributed by atoms with E-state index < -0.39 is 11.8 Å². The average Bonchev–Trinajstić information content (AvgIpc) is 2.16. The molecule has 4 heteroatoms. The largest absolute Gasteiger partial charge is 0.494 e. The third-order valence-corrected chi connectivity index (χ3v) is 2.01. The zero-order valence-electron chi connectivity index (χ0n) is 8.00. The number of methoxy groups -OCH3 is 1. The van der Waals surface area contributed by atoms with E-state index >= 15 is 0 Å². The fourth-order valence-corrected chi connectivity index (χ4v) is 1.28. The van der Waals surface area contributed by atoms with E-state index in [9.17, 15) is 9.18 Å². The number of hydrogen-bond acceptors (Lipinski definition) is 2. The van der Waals surface area contributed by atoms with Crippen LogP contribution in [0, 0.1) is 5.82 Å². The Labute approximate surface area is 81.1 Å². The summed E-state index contributed by atoms with van der Waals surface area (Å²) in [6, 6.07) is 2.99. The van der Waals surface area contributed by atoms with Gasteiger partial charge < -0.3 is 9.84 Å². The van der Waals surface area contributed by atoms with Gasteiger partial charge >= 0.3 is 5.97 Å². The first-order valence-electron chi connectivity index (χ1n) is 4.20. The van der Waals surface area contributed by atoms with E-state index in [0.29, 0.717) is 12.0 Å². The van der Waals surface area contributed by atoms with Gasteiger partial charge in [0, 0.05) is 0 Å². The van der Waals surface area contributed by atoms with Gasteiger partial charge in [-0.05, 0) is 18.1 Å². The molecule has 0 radical (unpaired) electrons. The van der Waals surface area contributed by atoms with Crippen LogP contribution in [0.1, 0.15) is 22.8 Å². The molecule has 0 aromatic heterocycles. The van der Waals surface area contributed by atoms with Crippen molar-refractivity contribution in [2.45, 2.75) is 13.3 Å². The highest BCUT2D eigenvalue weighted by molar-refractivity contribution is 5.90. The van der Waals surface area contributed by atoms with Crippen molar-refractivity contribution in [3.05, 3.63) is 29.1 Å². The molecule has 0 saturated carbocycles. The van der Waals surface area contributed by atoms with E-state index in [4.69, 9.17) is 9.84 Å². The van der Waals surface area contributed by atoms with Crippen molar-refractivity contribution < 1.29 is 19.0 Å². The minimum Gasteiger partial charge on any atom is -0.494 e. The fraction of sp³-hybridized carbons (Fsp3) is 0.300. The molecule has 0 aliphatic heterocycles. The van der Waals surface area contributed by atoms with E-state index in [1.807, 2.05) is 0 Å². The molecule has 1 N–H and O–H groups in total. The Kier molecular flexibility index (Phi) is 3.06. The van der Waals surface area contributed by atoms with Crippen LogP contribution < -0.4 is 4.74 Å². The van der Waals surface area contributed by atoms with Crippen molar-refractivity contribution in [3.8, 4) is 5.75 Å². The number of aryl methyl sites for hydroxylation is 1. The molecular formula is C10H11FO3.